The molecular weight excluding hydrogens is 310 g/mol. The molecular formula is C22H19NO2. The first-order chi connectivity index (χ1) is 12.1. The highest BCUT2D eigenvalue weighted by molar-refractivity contribution is 6.15. The lowest BCUT2D eigenvalue weighted by atomic mass is 9.99. The topological polar surface area (TPSA) is 46.2 Å². The first kappa shape index (κ1) is 16.7. The van der Waals surface area contributed by atoms with Gasteiger partial charge in [-0.3, -0.25) is 9.59 Å². The summed E-state index contributed by atoms with van der Waals surface area (Å²) in [5.41, 5.74) is 4.08. The lowest BCUT2D eigenvalue weighted by Gasteiger charge is -2.13. The number of ketones is 1. The maximum Gasteiger partial charge on any atom is 0.255 e. The minimum Gasteiger partial charge on any atom is -0.321 e. The number of benzene rings is 3. The molecule has 0 aliphatic heterocycles. The second-order valence-electron chi connectivity index (χ2n) is 6.01. The number of hydrogen-bond donors (Lipinski definition) is 1. The van der Waals surface area contributed by atoms with E-state index >= 15 is 0 Å². The standard InChI is InChI=1S/C22H19NO2/c1-15-12-13-19(21(24)17-9-4-3-5-10-17)20(14-15)23-22(25)18-11-7-6-8-16(18)2/h3-14H,1-2H3,(H,23,25). The van der Waals surface area contributed by atoms with Crippen molar-refractivity contribution in [1.29, 1.82) is 0 Å². The smallest absolute Gasteiger partial charge is 0.255 e. The van der Waals surface area contributed by atoms with Crippen molar-refractivity contribution >= 4 is 17.4 Å². The Balaban J connectivity index is 1.96. The van der Waals surface area contributed by atoms with Gasteiger partial charge in [-0.2, -0.15) is 0 Å². The summed E-state index contributed by atoms with van der Waals surface area (Å²) in [5.74, 6) is -0.327. The minimum atomic E-state index is -0.217. The van der Waals surface area contributed by atoms with Crippen LogP contribution in [-0.2, 0) is 0 Å². The van der Waals surface area contributed by atoms with Gasteiger partial charge >= 0.3 is 0 Å². The Morgan fingerprint density at radius 1 is 0.760 bits per heavy atom. The van der Waals surface area contributed by atoms with E-state index in [1.807, 2.05) is 62.4 Å². The zero-order valence-corrected chi connectivity index (χ0v) is 14.2. The van der Waals surface area contributed by atoms with Crippen LogP contribution >= 0.6 is 0 Å². The van der Waals surface area contributed by atoms with Gasteiger partial charge in [-0.25, -0.2) is 0 Å². The molecule has 0 aliphatic rings. The Morgan fingerprint density at radius 3 is 2.16 bits per heavy atom. The van der Waals surface area contributed by atoms with E-state index in [1.165, 1.54) is 0 Å². The van der Waals surface area contributed by atoms with Crippen molar-refractivity contribution in [3.05, 3.63) is 101 Å². The van der Waals surface area contributed by atoms with E-state index in [0.717, 1.165) is 11.1 Å². The summed E-state index contributed by atoms with van der Waals surface area (Å²) in [6, 6.07) is 21.9. The lowest BCUT2D eigenvalue weighted by molar-refractivity contribution is 0.102. The predicted molar refractivity (Wildman–Crippen MR) is 100 cm³/mol. The number of rotatable bonds is 4. The number of hydrogen-bond acceptors (Lipinski definition) is 2. The third kappa shape index (κ3) is 3.66. The van der Waals surface area contributed by atoms with Gasteiger partial charge in [-0.05, 0) is 43.2 Å². The third-order valence-electron chi connectivity index (χ3n) is 4.09. The zero-order valence-electron chi connectivity index (χ0n) is 14.2. The van der Waals surface area contributed by atoms with Gasteiger partial charge in [-0.15, -0.1) is 0 Å². The normalized spacial score (nSPS) is 10.3. The first-order valence-electron chi connectivity index (χ1n) is 8.13. The van der Waals surface area contributed by atoms with Gasteiger partial charge in [0.15, 0.2) is 5.78 Å². The van der Waals surface area contributed by atoms with Gasteiger partial charge in [0.05, 0.1) is 5.69 Å². The molecule has 3 rings (SSSR count). The average Bonchev–Trinajstić information content (AvgIpc) is 2.62. The molecule has 3 heteroatoms. The summed E-state index contributed by atoms with van der Waals surface area (Å²) in [6.45, 7) is 3.82. The second-order valence-corrected chi connectivity index (χ2v) is 6.01. The maximum atomic E-state index is 12.8. The highest BCUT2D eigenvalue weighted by atomic mass is 16.1. The number of carbonyl (C=O) groups is 2. The lowest BCUT2D eigenvalue weighted by Crippen LogP contribution is -2.16. The molecule has 0 aromatic heterocycles. The van der Waals surface area contributed by atoms with Crippen molar-refractivity contribution in [1.82, 2.24) is 0 Å². The van der Waals surface area contributed by atoms with Crippen molar-refractivity contribution in [2.45, 2.75) is 13.8 Å². The average molecular weight is 329 g/mol. The summed E-state index contributed by atoms with van der Waals surface area (Å²) in [4.78, 5) is 25.4. The summed E-state index contributed by atoms with van der Waals surface area (Å²) in [6.07, 6.45) is 0. The molecule has 0 fully saturated rings. The van der Waals surface area contributed by atoms with E-state index < -0.39 is 0 Å². The molecule has 0 radical (unpaired) electrons. The number of amides is 1. The molecule has 124 valence electrons. The molecule has 0 unspecified atom stereocenters. The fourth-order valence-electron chi connectivity index (χ4n) is 2.72. The van der Waals surface area contributed by atoms with Crippen LogP contribution in [0.5, 0.6) is 0 Å². The Morgan fingerprint density at radius 2 is 1.44 bits per heavy atom. The Labute approximate surface area is 147 Å². The second kappa shape index (κ2) is 7.14. The van der Waals surface area contributed by atoms with Crippen molar-refractivity contribution in [2.24, 2.45) is 0 Å². The summed E-state index contributed by atoms with van der Waals surface area (Å²) < 4.78 is 0. The van der Waals surface area contributed by atoms with Gasteiger partial charge in [0, 0.05) is 16.7 Å². The van der Waals surface area contributed by atoms with Crippen molar-refractivity contribution in [3.8, 4) is 0 Å². The van der Waals surface area contributed by atoms with Gasteiger partial charge in [-0.1, -0.05) is 54.6 Å². The van der Waals surface area contributed by atoms with Crippen molar-refractivity contribution in [2.75, 3.05) is 5.32 Å². The van der Waals surface area contributed by atoms with Crippen LogP contribution in [0.4, 0.5) is 5.69 Å². The van der Waals surface area contributed by atoms with E-state index in [2.05, 4.69) is 5.32 Å². The molecule has 1 amide bonds. The van der Waals surface area contributed by atoms with Crippen LogP contribution in [0.25, 0.3) is 0 Å². The van der Waals surface area contributed by atoms with Gasteiger partial charge < -0.3 is 5.32 Å². The van der Waals surface area contributed by atoms with Crippen molar-refractivity contribution in [3.63, 3.8) is 0 Å². The molecule has 3 aromatic carbocycles. The highest BCUT2D eigenvalue weighted by Crippen LogP contribution is 2.22. The molecule has 3 aromatic rings. The largest absolute Gasteiger partial charge is 0.321 e. The fourth-order valence-corrected chi connectivity index (χ4v) is 2.72. The Kier molecular flexibility index (Phi) is 4.75. The minimum absolute atomic E-state index is 0.110. The molecule has 0 aliphatic carbocycles. The van der Waals surface area contributed by atoms with Gasteiger partial charge in [0.1, 0.15) is 0 Å². The summed E-state index contributed by atoms with van der Waals surface area (Å²) in [7, 11) is 0. The molecule has 0 spiro atoms. The third-order valence-corrected chi connectivity index (χ3v) is 4.09. The van der Waals surface area contributed by atoms with Gasteiger partial charge in [0.25, 0.3) is 5.91 Å². The Hall–Kier alpha value is -3.20. The van der Waals surface area contributed by atoms with Crippen LogP contribution < -0.4 is 5.32 Å². The quantitative estimate of drug-likeness (QED) is 0.700. The molecule has 0 saturated heterocycles. The Bertz CT molecular complexity index is 930. The van der Waals surface area contributed by atoms with E-state index in [1.54, 1.807) is 24.3 Å². The molecule has 0 heterocycles. The SMILES string of the molecule is Cc1ccc(C(=O)c2ccccc2)c(NC(=O)c2ccccc2C)c1. The van der Waals surface area contributed by atoms with Crippen molar-refractivity contribution < 1.29 is 9.59 Å². The van der Waals surface area contributed by atoms with Crippen LogP contribution in [0.2, 0.25) is 0 Å². The van der Waals surface area contributed by atoms with Crippen LogP contribution in [-0.4, -0.2) is 11.7 Å². The summed E-state index contributed by atoms with van der Waals surface area (Å²) >= 11 is 0. The summed E-state index contributed by atoms with van der Waals surface area (Å²) in [5, 5.41) is 2.90. The highest BCUT2D eigenvalue weighted by Gasteiger charge is 2.16. The number of carbonyl (C=O) groups excluding carboxylic acids is 2. The molecule has 0 saturated carbocycles. The number of nitrogens with one attached hydrogen (secondary N) is 1. The van der Waals surface area contributed by atoms with E-state index in [9.17, 15) is 9.59 Å². The number of anilines is 1. The van der Waals surface area contributed by atoms with Gasteiger partial charge in [0.2, 0.25) is 0 Å². The monoisotopic (exact) mass is 329 g/mol. The predicted octanol–water partition coefficient (Wildman–Crippen LogP) is 4.79. The van der Waals surface area contributed by atoms with Crippen LogP contribution in [0.15, 0.2) is 72.8 Å². The first-order valence-corrected chi connectivity index (χ1v) is 8.13. The number of aryl methyl sites for hydroxylation is 2. The van der Waals surface area contributed by atoms with Crippen LogP contribution in [0, 0.1) is 13.8 Å². The van der Waals surface area contributed by atoms with Crippen LogP contribution in [0.3, 0.4) is 0 Å². The van der Waals surface area contributed by atoms with E-state index in [0.29, 0.717) is 22.4 Å². The van der Waals surface area contributed by atoms with E-state index in [4.69, 9.17) is 0 Å². The molecule has 3 nitrogen and oxygen atoms in total. The molecule has 0 bridgehead atoms. The maximum absolute atomic E-state index is 12.8. The van der Waals surface area contributed by atoms with Crippen LogP contribution in [0.1, 0.15) is 37.4 Å². The molecule has 25 heavy (non-hydrogen) atoms. The fraction of sp³-hybridized carbons (Fsp3) is 0.0909. The molecule has 0 atom stereocenters. The zero-order chi connectivity index (χ0) is 17.8. The van der Waals surface area contributed by atoms with E-state index in [-0.39, 0.29) is 11.7 Å². The molecule has 1 N–H and O–H groups in total.